The van der Waals surface area contributed by atoms with Crippen molar-refractivity contribution in [2.45, 2.75) is 40.7 Å². The SMILES string of the molecule is CN=C(NCCC(C)C)NCc1ccc(-n2nc(C)cc2C)nc1.I. The van der Waals surface area contributed by atoms with E-state index in [4.69, 9.17) is 0 Å². The Labute approximate surface area is 167 Å². The summed E-state index contributed by atoms with van der Waals surface area (Å²) in [6.07, 6.45) is 3.00. The van der Waals surface area contributed by atoms with E-state index in [1.54, 1.807) is 7.05 Å². The highest BCUT2D eigenvalue weighted by atomic mass is 127. The number of hydrogen-bond donors (Lipinski definition) is 2. The Morgan fingerprint density at radius 1 is 1.24 bits per heavy atom. The molecule has 0 amide bonds. The van der Waals surface area contributed by atoms with Gasteiger partial charge in [0.05, 0.1) is 5.69 Å². The van der Waals surface area contributed by atoms with Gasteiger partial charge in [0.15, 0.2) is 11.8 Å². The summed E-state index contributed by atoms with van der Waals surface area (Å²) < 4.78 is 1.86. The van der Waals surface area contributed by atoms with Gasteiger partial charge in [0.1, 0.15) is 0 Å². The van der Waals surface area contributed by atoms with Crippen LogP contribution in [0, 0.1) is 19.8 Å². The summed E-state index contributed by atoms with van der Waals surface area (Å²) in [5, 5.41) is 11.1. The lowest BCUT2D eigenvalue weighted by molar-refractivity contribution is 0.573. The van der Waals surface area contributed by atoms with Crippen LogP contribution in [0.25, 0.3) is 5.82 Å². The molecule has 138 valence electrons. The van der Waals surface area contributed by atoms with Crippen molar-refractivity contribution < 1.29 is 0 Å². The van der Waals surface area contributed by atoms with Gasteiger partial charge in [0.25, 0.3) is 0 Å². The topological polar surface area (TPSA) is 67.1 Å². The van der Waals surface area contributed by atoms with E-state index < -0.39 is 0 Å². The standard InChI is InChI=1S/C18H28N6.HI/c1-13(2)8-9-20-18(19-5)22-12-16-6-7-17(21-11-16)24-15(4)10-14(3)23-24;/h6-7,10-11,13H,8-9,12H2,1-5H3,(H2,19,20,22);1H. The molecule has 0 bridgehead atoms. The third kappa shape index (κ3) is 6.64. The Bertz CT molecular complexity index is 675. The van der Waals surface area contributed by atoms with Crippen LogP contribution in [0.4, 0.5) is 0 Å². The van der Waals surface area contributed by atoms with Crippen molar-refractivity contribution in [2.75, 3.05) is 13.6 Å². The van der Waals surface area contributed by atoms with Crippen molar-refractivity contribution in [1.82, 2.24) is 25.4 Å². The molecule has 0 aliphatic carbocycles. The molecule has 6 nitrogen and oxygen atoms in total. The molecule has 7 heteroatoms. The van der Waals surface area contributed by atoms with Crippen LogP contribution in [0.3, 0.4) is 0 Å². The second kappa shape index (κ2) is 10.4. The molecule has 2 aromatic rings. The minimum absolute atomic E-state index is 0. The maximum atomic E-state index is 4.51. The molecule has 2 rings (SSSR count). The summed E-state index contributed by atoms with van der Waals surface area (Å²) in [4.78, 5) is 8.75. The van der Waals surface area contributed by atoms with Gasteiger partial charge < -0.3 is 10.6 Å². The second-order valence-electron chi connectivity index (χ2n) is 6.40. The first-order valence-corrected chi connectivity index (χ1v) is 8.42. The molecule has 0 spiro atoms. The summed E-state index contributed by atoms with van der Waals surface area (Å²) in [6.45, 7) is 10.1. The number of aliphatic imine (C=N–C) groups is 1. The molecule has 0 fully saturated rings. The summed E-state index contributed by atoms with van der Waals surface area (Å²) >= 11 is 0. The molecule has 0 atom stereocenters. The fourth-order valence-electron chi connectivity index (χ4n) is 2.39. The monoisotopic (exact) mass is 456 g/mol. The van der Waals surface area contributed by atoms with Gasteiger partial charge >= 0.3 is 0 Å². The average molecular weight is 456 g/mol. The Morgan fingerprint density at radius 3 is 2.52 bits per heavy atom. The highest BCUT2D eigenvalue weighted by molar-refractivity contribution is 14.0. The lowest BCUT2D eigenvalue weighted by atomic mass is 10.1. The van der Waals surface area contributed by atoms with Gasteiger partial charge in [0.2, 0.25) is 0 Å². The summed E-state index contributed by atoms with van der Waals surface area (Å²) in [6, 6.07) is 6.10. The number of rotatable bonds is 6. The number of hydrogen-bond acceptors (Lipinski definition) is 3. The maximum absolute atomic E-state index is 4.51. The molecule has 0 aliphatic rings. The summed E-state index contributed by atoms with van der Waals surface area (Å²) in [5.41, 5.74) is 3.18. The first-order valence-electron chi connectivity index (χ1n) is 8.42. The highest BCUT2D eigenvalue weighted by Crippen LogP contribution is 2.10. The zero-order valence-corrected chi connectivity index (χ0v) is 18.0. The molecular weight excluding hydrogens is 427 g/mol. The maximum Gasteiger partial charge on any atom is 0.191 e. The van der Waals surface area contributed by atoms with E-state index in [0.29, 0.717) is 12.5 Å². The van der Waals surface area contributed by atoms with Crippen LogP contribution >= 0.6 is 24.0 Å². The van der Waals surface area contributed by atoms with Gasteiger partial charge in [-0.15, -0.1) is 24.0 Å². The van der Waals surface area contributed by atoms with Crippen LogP contribution in [0.15, 0.2) is 29.4 Å². The molecule has 0 aromatic carbocycles. The number of halogens is 1. The predicted molar refractivity (Wildman–Crippen MR) is 114 cm³/mol. The lowest BCUT2D eigenvalue weighted by Gasteiger charge is -2.13. The van der Waals surface area contributed by atoms with Gasteiger partial charge in [-0.1, -0.05) is 19.9 Å². The number of pyridine rings is 1. The highest BCUT2D eigenvalue weighted by Gasteiger charge is 2.05. The first kappa shape index (κ1) is 21.4. The van der Waals surface area contributed by atoms with Gasteiger partial charge in [-0.25, -0.2) is 9.67 Å². The number of aryl methyl sites for hydroxylation is 2. The molecule has 0 unspecified atom stereocenters. The van der Waals surface area contributed by atoms with E-state index in [-0.39, 0.29) is 24.0 Å². The van der Waals surface area contributed by atoms with Crippen LogP contribution < -0.4 is 10.6 Å². The number of nitrogens with zero attached hydrogens (tertiary/aromatic N) is 4. The van der Waals surface area contributed by atoms with E-state index in [2.05, 4.69) is 45.6 Å². The summed E-state index contributed by atoms with van der Waals surface area (Å²) in [7, 11) is 1.79. The lowest BCUT2D eigenvalue weighted by Crippen LogP contribution is -2.37. The fourth-order valence-corrected chi connectivity index (χ4v) is 2.39. The molecule has 25 heavy (non-hydrogen) atoms. The molecule has 0 radical (unpaired) electrons. The molecule has 0 aliphatic heterocycles. The minimum Gasteiger partial charge on any atom is -0.356 e. The van der Waals surface area contributed by atoms with Crippen molar-refractivity contribution in [3.8, 4) is 5.82 Å². The van der Waals surface area contributed by atoms with Crippen molar-refractivity contribution in [3.05, 3.63) is 41.3 Å². The zero-order chi connectivity index (χ0) is 17.5. The molecule has 0 saturated heterocycles. The third-order valence-corrected chi connectivity index (χ3v) is 3.73. The van der Waals surface area contributed by atoms with Crippen LogP contribution in [-0.4, -0.2) is 34.3 Å². The minimum atomic E-state index is 0. The van der Waals surface area contributed by atoms with Gasteiger partial charge in [-0.2, -0.15) is 5.10 Å². The Hall–Kier alpha value is -1.64. The van der Waals surface area contributed by atoms with E-state index in [1.165, 1.54) is 0 Å². The van der Waals surface area contributed by atoms with E-state index in [0.717, 1.165) is 41.7 Å². The summed E-state index contributed by atoms with van der Waals surface area (Å²) in [5.74, 6) is 2.34. The van der Waals surface area contributed by atoms with Crippen LogP contribution in [0.2, 0.25) is 0 Å². The van der Waals surface area contributed by atoms with Crippen molar-refractivity contribution in [3.63, 3.8) is 0 Å². The van der Waals surface area contributed by atoms with Crippen molar-refractivity contribution >= 4 is 29.9 Å². The molecule has 0 saturated carbocycles. The van der Waals surface area contributed by atoms with Crippen LogP contribution in [-0.2, 0) is 6.54 Å². The van der Waals surface area contributed by atoms with Gasteiger partial charge in [0, 0.05) is 32.0 Å². The molecule has 2 heterocycles. The third-order valence-electron chi connectivity index (χ3n) is 3.73. The quantitative estimate of drug-likeness (QED) is 0.398. The Morgan fingerprint density at radius 2 is 2.00 bits per heavy atom. The van der Waals surface area contributed by atoms with Gasteiger partial charge in [-0.05, 0) is 43.9 Å². The first-order chi connectivity index (χ1) is 11.5. The van der Waals surface area contributed by atoms with E-state index in [9.17, 15) is 0 Å². The number of guanidine groups is 1. The predicted octanol–water partition coefficient (Wildman–Crippen LogP) is 3.21. The van der Waals surface area contributed by atoms with Crippen LogP contribution in [0.5, 0.6) is 0 Å². The smallest absolute Gasteiger partial charge is 0.191 e. The normalized spacial score (nSPS) is 11.4. The zero-order valence-electron chi connectivity index (χ0n) is 15.7. The Kier molecular flexibility index (Phi) is 8.88. The van der Waals surface area contributed by atoms with E-state index >= 15 is 0 Å². The molecule has 2 N–H and O–H groups in total. The average Bonchev–Trinajstić information content (AvgIpc) is 2.89. The van der Waals surface area contributed by atoms with Gasteiger partial charge in [-0.3, -0.25) is 4.99 Å². The number of aromatic nitrogens is 3. The molecule has 2 aromatic heterocycles. The van der Waals surface area contributed by atoms with Crippen LogP contribution in [0.1, 0.15) is 37.2 Å². The van der Waals surface area contributed by atoms with Crippen molar-refractivity contribution in [1.29, 1.82) is 0 Å². The molecular formula is C18H29IN6. The largest absolute Gasteiger partial charge is 0.356 e. The fraction of sp³-hybridized carbons (Fsp3) is 0.500. The second-order valence-corrected chi connectivity index (χ2v) is 6.40. The van der Waals surface area contributed by atoms with Crippen molar-refractivity contribution in [2.24, 2.45) is 10.9 Å². The Balaban J connectivity index is 0.00000312. The number of nitrogens with one attached hydrogen (secondary N) is 2. The van der Waals surface area contributed by atoms with E-state index in [1.807, 2.05) is 36.9 Å².